The molecule has 0 unspecified atom stereocenters. The maximum atomic E-state index is 11.5. The molecule has 102 valence electrons. The predicted octanol–water partition coefficient (Wildman–Crippen LogP) is 3.21. The predicted molar refractivity (Wildman–Crippen MR) is 75.2 cm³/mol. The summed E-state index contributed by atoms with van der Waals surface area (Å²) in [6, 6.07) is 18.0. The van der Waals surface area contributed by atoms with Gasteiger partial charge in [0.1, 0.15) is 12.2 Å². The van der Waals surface area contributed by atoms with Crippen molar-refractivity contribution in [1.29, 1.82) is 0 Å². The normalized spacial score (nSPS) is 20.4. The zero-order valence-electron chi connectivity index (χ0n) is 11.3. The molecule has 20 heavy (non-hydrogen) atoms. The van der Waals surface area contributed by atoms with Crippen molar-refractivity contribution >= 4 is 5.97 Å². The molecule has 2 atom stereocenters. The van der Waals surface area contributed by atoms with Crippen molar-refractivity contribution in [2.75, 3.05) is 7.11 Å². The molecule has 1 aliphatic heterocycles. The molecular formula is C17H16O3. The van der Waals surface area contributed by atoms with Crippen LogP contribution in [0.2, 0.25) is 0 Å². The lowest BCUT2D eigenvalue weighted by atomic mass is 9.98. The summed E-state index contributed by atoms with van der Waals surface area (Å²) in [5.74, 6) is -0.227. The summed E-state index contributed by atoms with van der Waals surface area (Å²) in [5, 5.41) is 0. The van der Waals surface area contributed by atoms with Gasteiger partial charge in [-0.3, -0.25) is 4.79 Å². The fourth-order valence-corrected chi connectivity index (χ4v) is 2.45. The molecule has 1 fully saturated rings. The van der Waals surface area contributed by atoms with E-state index < -0.39 is 0 Å². The van der Waals surface area contributed by atoms with Gasteiger partial charge in [0, 0.05) is 0 Å². The molecule has 0 aromatic heterocycles. The molecule has 0 saturated carbocycles. The Kier molecular flexibility index (Phi) is 3.52. The van der Waals surface area contributed by atoms with Gasteiger partial charge in [0.25, 0.3) is 0 Å². The quantitative estimate of drug-likeness (QED) is 0.631. The van der Waals surface area contributed by atoms with Crippen molar-refractivity contribution in [2.24, 2.45) is 0 Å². The van der Waals surface area contributed by atoms with Crippen LogP contribution in [0, 0.1) is 0 Å². The number of epoxide rings is 1. The Morgan fingerprint density at radius 2 is 1.75 bits per heavy atom. The Labute approximate surface area is 118 Å². The monoisotopic (exact) mass is 268 g/mol. The number of carbonyl (C=O) groups excluding carboxylic acids is 1. The average Bonchev–Trinajstić information content (AvgIpc) is 3.29. The Hall–Kier alpha value is -2.13. The van der Waals surface area contributed by atoms with E-state index in [1.807, 2.05) is 42.5 Å². The molecular weight excluding hydrogens is 252 g/mol. The van der Waals surface area contributed by atoms with Crippen LogP contribution in [0.5, 0.6) is 0 Å². The molecule has 0 spiro atoms. The standard InChI is InChI=1S/C17H16O3/c1-19-15(18)11-13-9-5-6-10-14(13)17-16(20-17)12-7-3-2-4-8-12/h2-10,16-17H,11H2,1H3/t16-,17-/m0/s1. The lowest BCUT2D eigenvalue weighted by Gasteiger charge is -2.06. The maximum absolute atomic E-state index is 11.5. The van der Waals surface area contributed by atoms with Gasteiger partial charge in [0.15, 0.2) is 0 Å². The van der Waals surface area contributed by atoms with Gasteiger partial charge in [-0.05, 0) is 16.7 Å². The van der Waals surface area contributed by atoms with E-state index in [1.54, 1.807) is 0 Å². The van der Waals surface area contributed by atoms with Crippen molar-refractivity contribution in [1.82, 2.24) is 0 Å². The highest BCUT2D eigenvalue weighted by atomic mass is 16.6. The van der Waals surface area contributed by atoms with Crippen LogP contribution in [0.1, 0.15) is 28.9 Å². The van der Waals surface area contributed by atoms with Gasteiger partial charge >= 0.3 is 5.97 Å². The lowest BCUT2D eigenvalue weighted by molar-refractivity contribution is -0.139. The Balaban J connectivity index is 1.81. The van der Waals surface area contributed by atoms with Crippen LogP contribution in [0.3, 0.4) is 0 Å². The van der Waals surface area contributed by atoms with Crippen molar-refractivity contribution in [3.63, 3.8) is 0 Å². The summed E-state index contributed by atoms with van der Waals surface area (Å²) in [6.45, 7) is 0. The summed E-state index contributed by atoms with van der Waals surface area (Å²) in [5.41, 5.74) is 3.22. The maximum Gasteiger partial charge on any atom is 0.309 e. The molecule has 3 heteroatoms. The molecule has 0 bridgehead atoms. The first kappa shape index (κ1) is 12.9. The van der Waals surface area contributed by atoms with Gasteiger partial charge in [-0.1, -0.05) is 54.6 Å². The van der Waals surface area contributed by atoms with E-state index in [9.17, 15) is 4.79 Å². The number of rotatable bonds is 4. The molecule has 3 nitrogen and oxygen atoms in total. The fourth-order valence-electron chi connectivity index (χ4n) is 2.45. The molecule has 0 N–H and O–H groups in total. The molecule has 1 heterocycles. The van der Waals surface area contributed by atoms with Crippen LogP contribution in [0.15, 0.2) is 54.6 Å². The Bertz CT molecular complexity index is 607. The van der Waals surface area contributed by atoms with E-state index in [-0.39, 0.29) is 24.6 Å². The number of benzene rings is 2. The minimum absolute atomic E-state index is 0.0401. The summed E-state index contributed by atoms with van der Waals surface area (Å²) in [7, 11) is 1.41. The van der Waals surface area contributed by atoms with Crippen LogP contribution in [-0.4, -0.2) is 13.1 Å². The molecule has 1 aliphatic rings. The summed E-state index contributed by atoms with van der Waals surface area (Å²) < 4.78 is 10.5. The van der Waals surface area contributed by atoms with E-state index in [1.165, 1.54) is 12.7 Å². The fraction of sp³-hybridized carbons (Fsp3) is 0.235. The minimum Gasteiger partial charge on any atom is -0.469 e. The lowest BCUT2D eigenvalue weighted by Crippen LogP contribution is -2.06. The second kappa shape index (κ2) is 5.47. The number of ether oxygens (including phenoxy) is 2. The summed E-state index contributed by atoms with van der Waals surface area (Å²) in [4.78, 5) is 11.5. The van der Waals surface area contributed by atoms with Gasteiger partial charge < -0.3 is 9.47 Å². The summed E-state index contributed by atoms with van der Waals surface area (Å²) >= 11 is 0. The van der Waals surface area contributed by atoms with E-state index in [4.69, 9.17) is 9.47 Å². The van der Waals surface area contributed by atoms with Gasteiger partial charge in [0.05, 0.1) is 13.5 Å². The minimum atomic E-state index is -0.227. The van der Waals surface area contributed by atoms with Crippen LogP contribution in [-0.2, 0) is 20.7 Å². The third kappa shape index (κ3) is 2.58. The van der Waals surface area contributed by atoms with E-state index in [2.05, 4.69) is 12.1 Å². The first-order chi connectivity index (χ1) is 9.79. The highest BCUT2D eigenvalue weighted by molar-refractivity contribution is 5.73. The van der Waals surface area contributed by atoms with Crippen LogP contribution >= 0.6 is 0 Å². The highest BCUT2D eigenvalue weighted by Crippen LogP contribution is 2.51. The average molecular weight is 268 g/mol. The number of methoxy groups -OCH3 is 1. The Morgan fingerprint density at radius 3 is 2.50 bits per heavy atom. The zero-order valence-corrected chi connectivity index (χ0v) is 11.3. The van der Waals surface area contributed by atoms with Crippen LogP contribution in [0.4, 0.5) is 0 Å². The van der Waals surface area contributed by atoms with Crippen LogP contribution < -0.4 is 0 Å². The number of carbonyl (C=O) groups is 1. The first-order valence-electron chi connectivity index (χ1n) is 6.64. The van der Waals surface area contributed by atoms with E-state index >= 15 is 0 Å². The third-order valence-corrected chi connectivity index (χ3v) is 3.54. The van der Waals surface area contributed by atoms with Crippen molar-refractivity contribution < 1.29 is 14.3 Å². The second-order valence-electron chi connectivity index (χ2n) is 4.84. The first-order valence-corrected chi connectivity index (χ1v) is 6.64. The molecule has 3 rings (SSSR count). The van der Waals surface area contributed by atoms with Crippen molar-refractivity contribution in [3.8, 4) is 0 Å². The molecule has 0 amide bonds. The molecule has 1 saturated heterocycles. The van der Waals surface area contributed by atoms with Gasteiger partial charge in [-0.15, -0.1) is 0 Å². The van der Waals surface area contributed by atoms with Gasteiger partial charge in [-0.25, -0.2) is 0 Å². The SMILES string of the molecule is COC(=O)Cc1ccccc1[C@@H]1O[C@H]1c1ccccc1. The molecule has 0 radical (unpaired) electrons. The van der Waals surface area contributed by atoms with E-state index in [0.29, 0.717) is 0 Å². The smallest absolute Gasteiger partial charge is 0.309 e. The zero-order chi connectivity index (χ0) is 13.9. The number of hydrogen-bond acceptors (Lipinski definition) is 3. The van der Waals surface area contributed by atoms with Crippen LogP contribution in [0.25, 0.3) is 0 Å². The second-order valence-corrected chi connectivity index (χ2v) is 4.84. The topological polar surface area (TPSA) is 38.8 Å². The van der Waals surface area contributed by atoms with Gasteiger partial charge in [0.2, 0.25) is 0 Å². The van der Waals surface area contributed by atoms with Crippen molar-refractivity contribution in [3.05, 3.63) is 71.3 Å². The van der Waals surface area contributed by atoms with E-state index in [0.717, 1.165) is 11.1 Å². The largest absolute Gasteiger partial charge is 0.469 e. The number of esters is 1. The third-order valence-electron chi connectivity index (χ3n) is 3.54. The molecule has 2 aromatic rings. The number of hydrogen-bond donors (Lipinski definition) is 0. The summed E-state index contributed by atoms with van der Waals surface area (Å²) in [6.07, 6.45) is 0.418. The van der Waals surface area contributed by atoms with Crippen molar-refractivity contribution in [2.45, 2.75) is 18.6 Å². The molecule has 2 aromatic carbocycles. The van der Waals surface area contributed by atoms with Gasteiger partial charge in [-0.2, -0.15) is 0 Å². The Morgan fingerprint density at radius 1 is 1.05 bits per heavy atom. The molecule has 0 aliphatic carbocycles. The highest BCUT2D eigenvalue weighted by Gasteiger charge is 2.42.